The fraction of sp³-hybridized carbons (Fsp3) is 0.111. The lowest BCUT2D eigenvalue weighted by molar-refractivity contribution is 0.0940. The Balaban J connectivity index is 1.96. The van der Waals surface area contributed by atoms with Gasteiger partial charge in [0.25, 0.3) is 5.91 Å². The first-order valence-corrected chi connectivity index (χ1v) is 7.54. The molecule has 2 heterocycles. The Morgan fingerprint density at radius 1 is 1.22 bits per heavy atom. The molecule has 23 heavy (non-hydrogen) atoms. The van der Waals surface area contributed by atoms with Gasteiger partial charge in [-0.2, -0.15) is 0 Å². The molecular formula is C18H15ClN2O2. The highest BCUT2D eigenvalue weighted by Crippen LogP contribution is 2.24. The quantitative estimate of drug-likeness (QED) is 0.783. The predicted octanol–water partition coefficient (Wildman–Crippen LogP) is 4.16. The molecule has 0 unspecified atom stereocenters. The molecule has 1 aromatic carbocycles. The molecule has 116 valence electrons. The molecule has 2 aromatic heterocycles. The van der Waals surface area contributed by atoms with Gasteiger partial charge in [-0.25, -0.2) is 0 Å². The molecule has 0 radical (unpaired) electrons. The Labute approximate surface area is 139 Å². The Bertz CT molecular complexity index is 815. The molecule has 1 N–H and O–H groups in total. The number of carbonyl (C=O) groups excluding carboxylic acids is 1. The zero-order valence-electron chi connectivity index (χ0n) is 12.5. The second kappa shape index (κ2) is 6.67. The van der Waals surface area contributed by atoms with Crippen LogP contribution in [-0.4, -0.2) is 10.9 Å². The number of pyridine rings is 1. The maximum absolute atomic E-state index is 12.5. The van der Waals surface area contributed by atoms with E-state index in [9.17, 15) is 4.79 Å². The number of hydrogen-bond donors (Lipinski definition) is 1. The average molecular weight is 327 g/mol. The average Bonchev–Trinajstić information content (AvgIpc) is 2.99. The van der Waals surface area contributed by atoms with Gasteiger partial charge in [0.15, 0.2) is 0 Å². The van der Waals surface area contributed by atoms with Crippen molar-refractivity contribution in [1.29, 1.82) is 0 Å². The summed E-state index contributed by atoms with van der Waals surface area (Å²) >= 11 is 6.09. The molecule has 5 heteroatoms. The molecular weight excluding hydrogens is 312 g/mol. The summed E-state index contributed by atoms with van der Waals surface area (Å²) < 4.78 is 5.20. The first-order chi connectivity index (χ1) is 11.1. The van der Waals surface area contributed by atoms with E-state index >= 15 is 0 Å². The third-order valence-corrected chi connectivity index (χ3v) is 3.78. The van der Waals surface area contributed by atoms with E-state index in [-0.39, 0.29) is 5.91 Å². The van der Waals surface area contributed by atoms with E-state index in [1.807, 2.05) is 36.4 Å². The van der Waals surface area contributed by atoms with Crippen molar-refractivity contribution in [3.8, 4) is 0 Å². The van der Waals surface area contributed by atoms with Crippen LogP contribution in [0.5, 0.6) is 0 Å². The summed E-state index contributed by atoms with van der Waals surface area (Å²) in [5.41, 5.74) is 2.11. The molecule has 0 fully saturated rings. The minimum atomic E-state index is -0.392. The van der Waals surface area contributed by atoms with Crippen molar-refractivity contribution in [1.82, 2.24) is 10.3 Å². The van der Waals surface area contributed by atoms with Crippen LogP contribution in [0.15, 0.2) is 65.4 Å². The molecule has 4 nitrogen and oxygen atoms in total. The van der Waals surface area contributed by atoms with Crippen LogP contribution in [0.3, 0.4) is 0 Å². The maximum atomic E-state index is 12.5. The summed E-state index contributed by atoms with van der Waals surface area (Å²) in [5, 5.41) is 3.61. The monoisotopic (exact) mass is 326 g/mol. The van der Waals surface area contributed by atoms with Gasteiger partial charge in [0.2, 0.25) is 0 Å². The fourth-order valence-corrected chi connectivity index (χ4v) is 2.59. The molecule has 3 aromatic rings. The maximum Gasteiger partial charge on any atom is 0.255 e. The number of benzene rings is 1. The highest BCUT2D eigenvalue weighted by Gasteiger charge is 2.21. The zero-order valence-corrected chi connectivity index (χ0v) is 13.2. The summed E-state index contributed by atoms with van der Waals surface area (Å²) in [6.07, 6.45) is 3.20. The van der Waals surface area contributed by atoms with E-state index in [4.69, 9.17) is 16.0 Å². The van der Waals surface area contributed by atoms with Crippen LogP contribution < -0.4 is 5.32 Å². The minimum absolute atomic E-state index is 0.216. The first-order valence-electron chi connectivity index (χ1n) is 7.16. The van der Waals surface area contributed by atoms with E-state index in [1.165, 1.54) is 6.26 Å². The minimum Gasteiger partial charge on any atom is -0.469 e. The number of nitrogens with one attached hydrogen (secondary N) is 1. The Morgan fingerprint density at radius 2 is 2.09 bits per heavy atom. The lowest BCUT2D eigenvalue weighted by Crippen LogP contribution is -2.30. The van der Waals surface area contributed by atoms with Crippen molar-refractivity contribution in [2.75, 3.05) is 0 Å². The van der Waals surface area contributed by atoms with E-state index in [0.717, 1.165) is 11.3 Å². The highest BCUT2D eigenvalue weighted by atomic mass is 35.5. The van der Waals surface area contributed by atoms with Gasteiger partial charge in [-0.05, 0) is 42.8 Å². The van der Waals surface area contributed by atoms with Gasteiger partial charge >= 0.3 is 0 Å². The van der Waals surface area contributed by atoms with Crippen molar-refractivity contribution in [2.24, 2.45) is 0 Å². The Kier molecular flexibility index (Phi) is 4.44. The number of furan rings is 1. The number of rotatable bonds is 4. The van der Waals surface area contributed by atoms with Gasteiger partial charge in [-0.3, -0.25) is 9.78 Å². The van der Waals surface area contributed by atoms with Gasteiger partial charge in [0.1, 0.15) is 5.76 Å². The summed E-state index contributed by atoms with van der Waals surface area (Å²) in [5.74, 6) is 0.361. The Hall–Kier alpha value is -2.59. The molecule has 0 aliphatic heterocycles. The number of amides is 1. The molecule has 0 aliphatic carbocycles. The largest absolute Gasteiger partial charge is 0.469 e. The standard InChI is InChI=1S/C18H15ClN2O2/c1-12-15(8-10-23-12)18(22)21-17(16-7-2-3-9-20-16)13-5-4-6-14(19)11-13/h2-11,17H,1H3,(H,21,22)/t17-/m1/s1. The topological polar surface area (TPSA) is 55.1 Å². The van der Waals surface area contributed by atoms with Crippen LogP contribution >= 0.6 is 11.6 Å². The highest BCUT2D eigenvalue weighted by molar-refractivity contribution is 6.30. The predicted molar refractivity (Wildman–Crippen MR) is 88.4 cm³/mol. The van der Waals surface area contributed by atoms with Crippen LogP contribution in [-0.2, 0) is 0 Å². The van der Waals surface area contributed by atoms with E-state index in [0.29, 0.717) is 16.3 Å². The summed E-state index contributed by atoms with van der Waals surface area (Å²) in [4.78, 5) is 16.9. The van der Waals surface area contributed by atoms with Crippen molar-refractivity contribution < 1.29 is 9.21 Å². The van der Waals surface area contributed by atoms with Crippen LogP contribution in [0.4, 0.5) is 0 Å². The van der Waals surface area contributed by atoms with Gasteiger partial charge in [0.05, 0.1) is 23.6 Å². The van der Waals surface area contributed by atoms with Gasteiger partial charge in [-0.15, -0.1) is 0 Å². The first kappa shape index (κ1) is 15.3. The summed E-state index contributed by atoms with van der Waals surface area (Å²) in [6, 6.07) is 14.2. The van der Waals surface area contributed by atoms with Crippen LogP contribution in [0.25, 0.3) is 0 Å². The SMILES string of the molecule is Cc1occc1C(=O)N[C@H](c1cccc(Cl)c1)c1ccccn1. The number of halogens is 1. The molecule has 0 aliphatic rings. The molecule has 0 spiro atoms. The van der Waals surface area contributed by atoms with Crippen LogP contribution in [0.2, 0.25) is 5.02 Å². The molecule has 1 atom stereocenters. The Morgan fingerprint density at radius 3 is 2.74 bits per heavy atom. The number of carbonyl (C=O) groups is 1. The van der Waals surface area contributed by atoms with Crippen molar-refractivity contribution in [2.45, 2.75) is 13.0 Å². The number of aromatic nitrogens is 1. The van der Waals surface area contributed by atoms with Gasteiger partial charge < -0.3 is 9.73 Å². The van der Waals surface area contributed by atoms with E-state index in [1.54, 1.807) is 25.3 Å². The van der Waals surface area contributed by atoms with Crippen LogP contribution in [0, 0.1) is 6.92 Å². The molecule has 0 saturated carbocycles. The number of aryl methyl sites for hydroxylation is 1. The summed E-state index contributed by atoms with van der Waals surface area (Å²) in [6.45, 7) is 1.75. The lowest BCUT2D eigenvalue weighted by atomic mass is 10.0. The molecule has 0 bridgehead atoms. The molecule has 0 saturated heterocycles. The van der Waals surface area contributed by atoms with Crippen LogP contribution in [0.1, 0.15) is 33.4 Å². The number of nitrogens with zero attached hydrogens (tertiary/aromatic N) is 1. The van der Waals surface area contributed by atoms with Crippen molar-refractivity contribution >= 4 is 17.5 Å². The fourth-order valence-electron chi connectivity index (χ4n) is 2.39. The number of hydrogen-bond acceptors (Lipinski definition) is 3. The summed E-state index contributed by atoms with van der Waals surface area (Å²) in [7, 11) is 0. The third kappa shape index (κ3) is 3.43. The smallest absolute Gasteiger partial charge is 0.255 e. The lowest BCUT2D eigenvalue weighted by Gasteiger charge is -2.19. The normalized spacial score (nSPS) is 11.9. The van der Waals surface area contributed by atoms with Gasteiger partial charge in [0, 0.05) is 11.2 Å². The third-order valence-electron chi connectivity index (χ3n) is 3.54. The van der Waals surface area contributed by atoms with Crippen molar-refractivity contribution in [3.05, 3.63) is 88.6 Å². The van der Waals surface area contributed by atoms with Gasteiger partial charge in [-0.1, -0.05) is 29.8 Å². The van der Waals surface area contributed by atoms with Crippen molar-refractivity contribution in [3.63, 3.8) is 0 Å². The van der Waals surface area contributed by atoms with E-state index < -0.39 is 6.04 Å². The molecule has 3 rings (SSSR count). The molecule has 1 amide bonds. The second-order valence-corrected chi connectivity index (χ2v) is 5.54. The second-order valence-electron chi connectivity index (χ2n) is 5.11. The zero-order chi connectivity index (χ0) is 16.2. The van der Waals surface area contributed by atoms with E-state index in [2.05, 4.69) is 10.3 Å².